The van der Waals surface area contributed by atoms with E-state index in [1.165, 1.54) is 5.38 Å². The van der Waals surface area contributed by atoms with E-state index in [2.05, 4.69) is 4.98 Å². The van der Waals surface area contributed by atoms with E-state index >= 15 is 0 Å². The van der Waals surface area contributed by atoms with Gasteiger partial charge in [0.15, 0.2) is 5.01 Å². The van der Waals surface area contributed by atoms with Crippen LogP contribution in [0.3, 0.4) is 0 Å². The van der Waals surface area contributed by atoms with Crippen LogP contribution in [0.1, 0.15) is 42.1 Å². The molecule has 0 saturated carbocycles. The molecule has 0 aliphatic heterocycles. The molecular weight excluding hydrogens is 433 g/mol. The van der Waals surface area contributed by atoms with E-state index in [1.807, 2.05) is 43.0 Å². The summed E-state index contributed by atoms with van der Waals surface area (Å²) in [6.45, 7) is 6.31. The van der Waals surface area contributed by atoms with Gasteiger partial charge in [0.05, 0.1) is 18.9 Å². The van der Waals surface area contributed by atoms with E-state index in [1.54, 1.807) is 0 Å². The Hall–Kier alpha value is -1.72. The Morgan fingerprint density at radius 2 is 1.87 bits per heavy atom. The topological polar surface area (TPSA) is 75.1 Å². The standard InChI is InChI=1S/C21H29F3N2O4S/c1-3-29-10-11-30-17-6-4-16(5-7-17)15(2)12-26(8-9-27)13-19(28)18-14-31-20(25-18)21(22,23)24/h4-7,14-15,19,27-28H,3,8-13H2,1-2H3. The van der Waals surface area contributed by atoms with E-state index in [-0.39, 0.29) is 31.3 Å². The van der Waals surface area contributed by atoms with Crippen LogP contribution >= 0.6 is 11.3 Å². The SMILES string of the molecule is CCOCCOc1ccc(C(C)CN(CCO)CC(O)c2csc(C(F)(F)F)n2)cc1. The fourth-order valence-electron chi connectivity index (χ4n) is 3.05. The monoisotopic (exact) mass is 462 g/mol. The first-order valence-corrected chi connectivity index (χ1v) is 11.0. The van der Waals surface area contributed by atoms with Gasteiger partial charge in [-0.15, -0.1) is 11.3 Å². The second-order valence-electron chi connectivity index (χ2n) is 7.09. The van der Waals surface area contributed by atoms with Gasteiger partial charge in [0.1, 0.15) is 18.5 Å². The first kappa shape index (κ1) is 25.5. The van der Waals surface area contributed by atoms with Gasteiger partial charge in [-0.1, -0.05) is 19.1 Å². The third-order valence-corrected chi connectivity index (χ3v) is 5.54. The van der Waals surface area contributed by atoms with Crippen LogP contribution in [-0.4, -0.2) is 66.2 Å². The predicted octanol–water partition coefficient (Wildman–Crippen LogP) is 3.71. The minimum absolute atomic E-state index is 0.0125. The zero-order chi connectivity index (χ0) is 22.9. The number of hydrogen-bond donors (Lipinski definition) is 2. The summed E-state index contributed by atoms with van der Waals surface area (Å²) in [7, 11) is 0. The molecule has 0 bridgehead atoms. The van der Waals surface area contributed by atoms with Crippen molar-refractivity contribution in [1.82, 2.24) is 9.88 Å². The largest absolute Gasteiger partial charge is 0.491 e. The predicted molar refractivity (Wildman–Crippen MR) is 112 cm³/mol. The number of alkyl halides is 3. The lowest BCUT2D eigenvalue weighted by molar-refractivity contribution is -0.137. The Balaban J connectivity index is 1.93. The molecule has 2 atom stereocenters. The van der Waals surface area contributed by atoms with Crippen LogP contribution in [0.15, 0.2) is 29.6 Å². The fraction of sp³-hybridized carbons (Fsp3) is 0.571. The summed E-state index contributed by atoms with van der Waals surface area (Å²) in [5.74, 6) is 0.805. The van der Waals surface area contributed by atoms with Crippen molar-refractivity contribution in [3.05, 3.63) is 45.9 Å². The van der Waals surface area contributed by atoms with E-state index in [9.17, 15) is 23.4 Å². The number of aliphatic hydroxyl groups excluding tert-OH is 2. The molecule has 0 fully saturated rings. The molecule has 31 heavy (non-hydrogen) atoms. The average Bonchev–Trinajstić information content (AvgIpc) is 3.23. The fourth-order valence-corrected chi connectivity index (χ4v) is 3.79. The Bertz CT molecular complexity index is 771. The lowest BCUT2D eigenvalue weighted by atomic mass is 10.00. The Morgan fingerprint density at radius 1 is 1.16 bits per heavy atom. The Morgan fingerprint density at radius 3 is 2.45 bits per heavy atom. The van der Waals surface area contributed by atoms with Crippen molar-refractivity contribution >= 4 is 11.3 Å². The van der Waals surface area contributed by atoms with Crippen molar-refractivity contribution in [2.24, 2.45) is 0 Å². The van der Waals surface area contributed by atoms with Crippen LogP contribution in [-0.2, 0) is 10.9 Å². The van der Waals surface area contributed by atoms with Crippen LogP contribution in [0, 0.1) is 0 Å². The van der Waals surface area contributed by atoms with Gasteiger partial charge in [-0.2, -0.15) is 13.2 Å². The summed E-state index contributed by atoms with van der Waals surface area (Å²) >= 11 is 0.462. The molecule has 10 heteroatoms. The summed E-state index contributed by atoms with van der Waals surface area (Å²) in [4.78, 5) is 5.32. The minimum atomic E-state index is -4.53. The normalized spacial score (nSPS) is 14.1. The van der Waals surface area contributed by atoms with Gasteiger partial charge in [-0.05, 0) is 30.5 Å². The maximum absolute atomic E-state index is 12.7. The molecule has 2 N–H and O–H groups in total. The van der Waals surface area contributed by atoms with Gasteiger partial charge in [0, 0.05) is 31.6 Å². The highest BCUT2D eigenvalue weighted by Crippen LogP contribution is 2.33. The van der Waals surface area contributed by atoms with Crippen LogP contribution in [0.2, 0.25) is 0 Å². The van der Waals surface area contributed by atoms with Crippen molar-refractivity contribution in [1.29, 1.82) is 0 Å². The van der Waals surface area contributed by atoms with E-state index in [0.717, 1.165) is 11.3 Å². The van der Waals surface area contributed by atoms with Gasteiger partial charge >= 0.3 is 6.18 Å². The molecule has 0 radical (unpaired) electrons. The van der Waals surface area contributed by atoms with Crippen LogP contribution in [0.25, 0.3) is 0 Å². The first-order chi connectivity index (χ1) is 14.7. The highest BCUT2D eigenvalue weighted by molar-refractivity contribution is 7.09. The van der Waals surface area contributed by atoms with Crippen LogP contribution in [0.4, 0.5) is 13.2 Å². The van der Waals surface area contributed by atoms with Crippen molar-refractivity contribution in [3.8, 4) is 5.75 Å². The Kier molecular flexibility index (Phi) is 10.2. The number of hydrogen-bond acceptors (Lipinski definition) is 7. The lowest BCUT2D eigenvalue weighted by Gasteiger charge is -2.27. The summed E-state index contributed by atoms with van der Waals surface area (Å²) in [6.07, 6.45) is -5.70. The maximum Gasteiger partial charge on any atom is 0.443 e. The number of thiazole rings is 1. The molecule has 1 heterocycles. The minimum Gasteiger partial charge on any atom is -0.491 e. The maximum atomic E-state index is 12.7. The highest BCUT2D eigenvalue weighted by atomic mass is 32.1. The van der Waals surface area contributed by atoms with E-state index in [0.29, 0.717) is 37.7 Å². The molecule has 2 rings (SSSR count). The van der Waals surface area contributed by atoms with Gasteiger partial charge in [-0.3, -0.25) is 4.90 Å². The average molecular weight is 463 g/mol. The van der Waals surface area contributed by atoms with Gasteiger partial charge in [0.25, 0.3) is 0 Å². The lowest BCUT2D eigenvalue weighted by Crippen LogP contribution is -2.34. The van der Waals surface area contributed by atoms with Crippen molar-refractivity contribution in [2.45, 2.75) is 32.0 Å². The number of benzene rings is 1. The van der Waals surface area contributed by atoms with Crippen molar-refractivity contribution < 1.29 is 32.9 Å². The molecule has 0 aliphatic rings. The van der Waals surface area contributed by atoms with Crippen molar-refractivity contribution in [2.75, 3.05) is 46.1 Å². The second-order valence-corrected chi connectivity index (χ2v) is 7.95. The molecule has 0 amide bonds. The molecule has 0 aliphatic carbocycles. The highest BCUT2D eigenvalue weighted by Gasteiger charge is 2.35. The van der Waals surface area contributed by atoms with Gasteiger partial charge in [0.2, 0.25) is 0 Å². The van der Waals surface area contributed by atoms with E-state index in [4.69, 9.17) is 9.47 Å². The third kappa shape index (κ3) is 8.38. The molecule has 0 saturated heterocycles. The second kappa shape index (κ2) is 12.4. The number of aliphatic hydroxyl groups is 2. The molecule has 0 spiro atoms. The van der Waals surface area contributed by atoms with Crippen LogP contribution in [0.5, 0.6) is 5.75 Å². The zero-order valence-electron chi connectivity index (χ0n) is 17.6. The summed E-state index contributed by atoms with van der Waals surface area (Å²) in [6, 6.07) is 7.64. The number of rotatable bonds is 13. The van der Waals surface area contributed by atoms with Gasteiger partial charge in [-0.25, -0.2) is 4.98 Å². The molecule has 1 aromatic carbocycles. The summed E-state index contributed by atoms with van der Waals surface area (Å²) in [5.41, 5.74) is 1.03. The third-order valence-electron chi connectivity index (χ3n) is 4.63. The zero-order valence-corrected chi connectivity index (χ0v) is 18.5. The summed E-state index contributed by atoms with van der Waals surface area (Å²) < 4.78 is 49.1. The molecule has 2 unspecified atom stereocenters. The quantitative estimate of drug-likeness (QED) is 0.442. The smallest absolute Gasteiger partial charge is 0.443 e. The number of halogens is 3. The van der Waals surface area contributed by atoms with E-state index < -0.39 is 17.3 Å². The van der Waals surface area contributed by atoms with Gasteiger partial charge < -0.3 is 19.7 Å². The first-order valence-electron chi connectivity index (χ1n) is 10.1. The van der Waals surface area contributed by atoms with Crippen LogP contribution < -0.4 is 4.74 Å². The molecular formula is C21H29F3N2O4S. The van der Waals surface area contributed by atoms with Crippen molar-refractivity contribution in [3.63, 3.8) is 0 Å². The molecule has 1 aromatic heterocycles. The molecule has 174 valence electrons. The summed E-state index contributed by atoms with van der Waals surface area (Å²) in [5, 5.41) is 20.0. The Labute approximate surface area is 184 Å². The number of nitrogens with zero attached hydrogens (tertiary/aromatic N) is 2. The molecule has 6 nitrogen and oxygen atoms in total. The number of aromatic nitrogens is 1. The molecule has 2 aromatic rings. The number of ether oxygens (including phenoxy) is 2.